The van der Waals surface area contributed by atoms with Crippen LogP contribution in [0.2, 0.25) is 0 Å². The van der Waals surface area contributed by atoms with Crippen LogP contribution < -0.4 is 0 Å². The number of amides is 1. The van der Waals surface area contributed by atoms with Gasteiger partial charge in [-0.2, -0.15) is 0 Å². The third kappa shape index (κ3) is 1.92. The van der Waals surface area contributed by atoms with Gasteiger partial charge in [0.05, 0.1) is 12.1 Å². The number of hydrogen-bond acceptors (Lipinski definition) is 3. The van der Waals surface area contributed by atoms with Gasteiger partial charge < -0.3 is 19.8 Å². The Bertz CT molecular complexity index is 189. The van der Waals surface area contributed by atoms with Crippen molar-refractivity contribution in [2.24, 2.45) is 0 Å². The summed E-state index contributed by atoms with van der Waals surface area (Å²) in [5.41, 5.74) is -0.635. The summed E-state index contributed by atoms with van der Waals surface area (Å²) >= 11 is 0. The highest BCUT2D eigenvalue weighted by Gasteiger charge is 2.38. The molecular formula is C8H15NO4. The van der Waals surface area contributed by atoms with Crippen molar-refractivity contribution in [1.29, 1.82) is 0 Å². The molecule has 1 aliphatic heterocycles. The minimum absolute atomic E-state index is 0.140. The lowest BCUT2D eigenvalue weighted by Gasteiger charge is -2.41. The third-order valence-electron chi connectivity index (χ3n) is 2.72. The maximum Gasteiger partial charge on any atom is 0.407 e. The summed E-state index contributed by atoms with van der Waals surface area (Å²) in [5, 5.41) is 18.0. The second-order valence-corrected chi connectivity index (χ2v) is 3.34. The molecule has 1 fully saturated rings. The molecule has 0 aliphatic carbocycles. The minimum atomic E-state index is -1.00. The van der Waals surface area contributed by atoms with Crippen molar-refractivity contribution in [2.45, 2.75) is 18.4 Å². The molecule has 0 aromatic heterocycles. The summed E-state index contributed by atoms with van der Waals surface area (Å²) in [7, 11) is 1.49. The van der Waals surface area contributed by atoms with Gasteiger partial charge in [-0.25, -0.2) is 4.79 Å². The van der Waals surface area contributed by atoms with E-state index in [-0.39, 0.29) is 6.61 Å². The van der Waals surface area contributed by atoms with Gasteiger partial charge in [-0.15, -0.1) is 0 Å². The van der Waals surface area contributed by atoms with Gasteiger partial charge in [-0.1, -0.05) is 0 Å². The van der Waals surface area contributed by atoms with Gasteiger partial charge in [-0.3, -0.25) is 0 Å². The monoisotopic (exact) mass is 189 g/mol. The van der Waals surface area contributed by atoms with E-state index in [0.29, 0.717) is 26.1 Å². The lowest BCUT2D eigenvalue weighted by Crippen LogP contribution is -2.55. The van der Waals surface area contributed by atoms with E-state index in [9.17, 15) is 9.90 Å². The van der Waals surface area contributed by atoms with Crippen molar-refractivity contribution in [3.8, 4) is 0 Å². The van der Waals surface area contributed by atoms with Crippen molar-refractivity contribution < 1.29 is 19.7 Å². The number of hydrogen-bond donors (Lipinski definition) is 2. The zero-order chi connectivity index (χ0) is 9.90. The molecule has 13 heavy (non-hydrogen) atoms. The van der Waals surface area contributed by atoms with Crippen LogP contribution in [0.25, 0.3) is 0 Å². The van der Waals surface area contributed by atoms with Gasteiger partial charge in [0.1, 0.15) is 0 Å². The standard InChI is InChI=1S/C8H15NO4/c1-9(7(11)12)8(6-10)2-4-13-5-3-8/h10H,2-6H2,1H3,(H,11,12). The van der Waals surface area contributed by atoms with Gasteiger partial charge in [0.25, 0.3) is 0 Å². The summed E-state index contributed by atoms with van der Waals surface area (Å²) < 4.78 is 5.13. The Morgan fingerprint density at radius 2 is 2.08 bits per heavy atom. The molecule has 1 saturated heterocycles. The molecule has 0 atom stereocenters. The largest absolute Gasteiger partial charge is 0.465 e. The number of carboxylic acid groups (broad SMARTS) is 1. The Labute approximate surface area is 76.9 Å². The molecule has 1 heterocycles. The quantitative estimate of drug-likeness (QED) is 0.648. The highest BCUT2D eigenvalue weighted by atomic mass is 16.5. The van der Waals surface area contributed by atoms with E-state index in [4.69, 9.17) is 9.84 Å². The van der Waals surface area contributed by atoms with Crippen molar-refractivity contribution >= 4 is 6.09 Å². The molecule has 5 nitrogen and oxygen atoms in total. The van der Waals surface area contributed by atoms with Crippen molar-refractivity contribution in [3.05, 3.63) is 0 Å². The molecule has 0 bridgehead atoms. The molecule has 0 radical (unpaired) electrons. The Morgan fingerprint density at radius 1 is 1.54 bits per heavy atom. The molecular weight excluding hydrogens is 174 g/mol. The molecule has 1 amide bonds. The van der Waals surface area contributed by atoms with E-state index < -0.39 is 11.6 Å². The number of aliphatic hydroxyl groups is 1. The van der Waals surface area contributed by atoms with Crippen LogP contribution in [0.1, 0.15) is 12.8 Å². The first-order valence-corrected chi connectivity index (χ1v) is 4.28. The van der Waals surface area contributed by atoms with Gasteiger partial charge in [-0.05, 0) is 12.8 Å². The molecule has 1 aliphatic rings. The second kappa shape index (κ2) is 3.93. The molecule has 0 aromatic rings. The van der Waals surface area contributed by atoms with E-state index in [1.54, 1.807) is 0 Å². The summed E-state index contributed by atoms with van der Waals surface area (Å²) in [4.78, 5) is 11.9. The van der Waals surface area contributed by atoms with Gasteiger partial charge in [0.15, 0.2) is 0 Å². The average Bonchev–Trinajstić information content (AvgIpc) is 2.17. The number of likely N-dealkylation sites (N-methyl/N-ethyl adjacent to an activating group) is 1. The summed E-state index contributed by atoms with van der Waals surface area (Å²) in [6.45, 7) is 0.884. The second-order valence-electron chi connectivity index (χ2n) is 3.34. The molecule has 1 rings (SSSR count). The predicted octanol–water partition coefficient (Wildman–Crippen LogP) is 0.138. The first kappa shape index (κ1) is 10.3. The first-order valence-electron chi connectivity index (χ1n) is 4.28. The number of aliphatic hydroxyl groups excluding tert-OH is 1. The van der Waals surface area contributed by atoms with E-state index >= 15 is 0 Å². The van der Waals surface area contributed by atoms with Crippen LogP contribution >= 0.6 is 0 Å². The van der Waals surface area contributed by atoms with Gasteiger partial charge in [0, 0.05) is 20.3 Å². The van der Waals surface area contributed by atoms with Crippen LogP contribution in [0.4, 0.5) is 4.79 Å². The summed E-state index contributed by atoms with van der Waals surface area (Å²) in [6.07, 6.45) is 0.120. The number of nitrogens with zero attached hydrogens (tertiary/aromatic N) is 1. The minimum Gasteiger partial charge on any atom is -0.465 e. The first-order chi connectivity index (χ1) is 6.12. The molecule has 2 N–H and O–H groups in total. The zero-order valence-corrected chi connectivity index (χ0v) is 7.69. The van der Waals surface area contributed by atoms with Crippen LogP contribution in [0.15, 0.2) is 0 Å². The lowest BCUT2D eigenvalue weighted by atomic mass is 9.90. The number of carbonyl (C=O) groups is 1. The van der Waals surface area contributed by atoms with E-state index in [2.05, 4.69) is 0 Å². The Balaban J connectivity index is 2.72. The Kier molecular flexibility index (Phi) is 3.11. The van der Waals surface area contributed by atoms with E-state index in [1.165, 1.54) is 11.9 Å². The normalized spacial score (nSPS) is 21.1. The number of ether oxygens (including phenoxy) is 1. The fourth-order valence-electron chi connectivity index (χ4n) is 1.55. The molecule has 0 saturated carbocycles. The number of rotatable bonds is 2. The molecule has 76 valence electrons. The molecule has 0 unspecified atom stereocenters. The van der Waals surface area contributed by atoms with Crippen LogP contribution in [-0.2, 0) is 4.74 Å². The SMILES string of the molecule is CN(C(=O)O)C1(CO)CCOCC1. The average molecular weight is 189 g/mol. The topological polar surface area (TPSA) is 70.0 Å². The van der Waals surface area contributed by atoms with E-state index in [1.807, 2.05) is 0 Å². The highest BCUT2D eigenvalue weighted by Crippen LogP contribution is 2.26. The highest BCUT2D eigenvalue weighted by molar-refractivity contribution is 5.65. The van der Waals surface area contributed by atoms with Crippen molar-refractivity contribution in [3.63, 3.8) is 0 Å². The Morgan fingerprint density at radius 3 is 2.46 bits per heavy atom. The molecule has 5 heteroatoms. The lowest BCUT2D eigenvalue weighted by molar-refractivity contribution is -0.0372. The maximum absolute atomic E-state index is 10.7. The fraction of sp³-hybridized carbons (Fsp3) is 0.875. The Hall–Kier alpha value is -0.810. The van der Waals surface area contributed by atoms with Crippen LogP contribution in [0.3, 0.4) is 0 Å². The predicted molar refractivity (Wildman–Crippen MR) is 45.7 cm³/mol. The maximum atomic E-state index is 10.7. The zero-order valence-electron chi connectivity index (χ0n) is 7.69. The molecule has 0 spiro atoms. The van der Waals surface area contributed by atoms with Gasteiger partial charge in [0.2, 0.25) is 0 Å². The summed E-state index contributed by atoms with van der Waals surface area (Å²) in [5.74, 6) is 0. The summed E-state index contributed by atoms with van der Waals surface area (Å²) in [6, 6.07) is 0. The van der Waals surface area contributed by atoms with Crippen LogP contribution in [0, 0.1) is 0 Å². The van der Waals surface area contributed by atoms with Crippen LogP contribution in [-0.4, -0.2) is 53.6 Å². The van der Waals surface area contributed by atoms with Gasteiger partial charge >= 0.3 is 6.09 Å². The fourth-order valence-corrected chi connectivity index (χ4v) is 1.55. The third-order valence-corrected chi connectivity index (χ3v) is 2.72. The molecule has 0 aromatic carbocycles. The van der Waals surface area contributed by atoms with Crippen LogP contribution in [0.5, 0.6) is 0 Å². The van der Waals surface area contributed by atoms with Crippen molar-refractivity contribution in [1.82, 2.24) is 4.90 Å². The van der Waals surface area contributed by atoms with Crippen molar-refractivity contribution in [2.75, 3.05) is 26.9 Å². The van der Waals surface area contributed by atoms with E-state index in [0.717, 1.165) is 0 Å². The smallest absolute Gasteiger partial charge is 0.407 e.